The van der Waals surface area contributed by atoms with Gasteiger partial charge in [0.1, 0.15) is 0 Å². The molecule has 0 bridgehead atoms. The number of hydrogen-bond donors (Lipinski definition) is 1. The van der Waals surface area contributed by atoms with Crippen LogP contribution in [0.25, 0.3) is 11.4 Å². The van der Waals surface area contributed by atoms with E-state index in [0.717, 1.165) is 27.5 Å². The van der Waals surface area contributed by atoms with Gasteiger partial charge in [0, 0.05) is 35.2 Å². The van der Waals surface area contributed by atoms with Gasteiger partial charge in [0.25, 0.3) is 0 Å². The zero-order valence-electron chi connectivity index (χ0n) is 10.2. The van der Waals surface area contributed by atoms with E-state index in [1.54, 1.807) is 7.11 Å². The summed E-state index contributed by atoms with van der Waals surface area (Å²) in [5.41, 5.74) is 2.22. The molecule has 0 radical (unpaired) electrons. The predicted molar refractivity (Wildman–Crippen MR) is 78.1 cm³/mol. The second-order valence-electron chi connectivity index (χ2n) is 3.83. The molecule has 96 valence electrons. The van der Waals surface area contributed by atoms with Gasteiger partial charge in [-0.2, -0.15) is 9.36 Å². The number of benzene rings is 1. The monoisotopic (exact) mass is 327 g/mol. The number of halogens is 1. The fourth-order valence-electron chi connectivity index (χ4n) is 1.47. The molecular weight excluding hydrogens is 314 g/mol. The summed E-state index contributed by atoms with van der Waals surface area (Å²) in [7, 11) is 1.68. The summed E-state index contributed by atoms with van der Waals surface area (Å²) < 4.78 is 10.3. The number of anilines is 1. The van der Waals surface area contributed by atoms with Crippen LogP contribution in [-0.4, -0.2) is 29.6 Å². The maximum absolute atomic E-state index is 4.97. The Bertz CT molecular complexity index is 530. The van der Waals surface area contributed by atoms with Crippen molar-refractivity contribution >= 4 is 32.6 Å². The van der Waals surface area contributed by atoms with Crippen molar-refractivity contribution in [1.29, 1.82) is 0 Å². The first-order chi connectivity index (χ1) is 8.70. The van der Waals surface area contributed by atoms with Crippen molar-refractivity contribution in [3.05, 3.63) is 28.2 Å². The molecule has 0 aliphatic rings. The number of nitrogens with zero attached hydrogens (tertiary/aromatic N) is 2. The van der Waals surface area contributed by atoms with E-state index in [-0.39, 0.29) is 0 Å². The lowest BCUT2D eigenvalue weighted by Gasteiger charge is -2.01. The summed E-state index contributed by atoms with van der Waals surface area (Å²) in [5.74, 6) is 0.742. The maximum Gasteiger partial charge on any atom is 0.202 e. The standard InChI is InChI=1S/C12H14BrN3OS/c1-8-3-4-9(10(13)7-8)11-15-12(18-16-11)14-5-6-17-2/h3-4,7H,5-6H2,1-2H3,(H,14,15,16). The van der Waals surface area contributed by atoms with Crippen LogP contribution in [0, 0.1) is 6.92 Å². The first kappa shape index (κ1) is 13.5. The Labute approximate surface area is 119 Å². The zero-order chi connectivity index (χ0) is 13.0. The lowest BCUT2D eigenvalue weighted by molar-refractivity contribution is 0.211. The Hall–Kier alpha value is -0.980. The molecule has 1 heterocycles. The fraction of sp³-hybridized carbons (Fsp3) is 0.333. The lowest BCUT2D eigenvalue weighted by atomic mass is 10.1. The van der Waals surface area contributed by atoms with Crippen molar-refractivity contribution in [2.45, 2.75) is 6.92 Å². The average Bonchev–Trinajstić information content (AvgIpc) is 2.78. The minimum absolute atomic E-state index is 0.656. The summed E-state index contributed by atoms with van der Waals surface area (Å²) in [6.07, 6.45) is 0. The number of rotatable bonds is 5. The van der Waals surface area contributed by atoms with Crippen molar-refractivity contribution in [3.8, 4) is 11.4 Å². The number of aryl methyl sites for hydroxylation is 1. The molecule has 0 aliphatic heterocycles. The van der Waals surface area contributed by atoms with Crippen LogP contribution in [0.3, 0.4) is 0 Å². The first-order valence-electron chi connectivity index (χ1n) is 5.54. The molecule has 0 fully saturated rings. The minimum Gasteiger partial charge on any atom is -0.383 e. The van der Waals surface area contributed by atoms with E-state index in [1.165, 1.54) is 17.1 Å². The Kier molecular flexibility index (Phi) is 4.68. The van der Waals surface area contributed by atoms with E-state index in [0.29, 0.717) is 6.61 Å². The third kappa shape index (κ3) is 3.28. The van der Waals surface area contributed by atoms with Crippen LogP contribution >= 0.6 is 27.5 Å². The molecular formula is C12H14BrN3OS. The van der Waals surface area contributed by atoms with Crippen LogP contribution in [-0.2, 0) is 4.74 Å². The minimum atomic E-state index is 0.656. The molecule has 2 rings (SSSR count). The summed E-state index contributed by atoms with van der Waals surface area (Å²) in [6, 6.07) is 6.15. The van der Waals surface area contributed by atoms with Gasteiger partial charge in [0.2, 0.25) is 5.13 Å². The van der Waals surface area contributed by atoms with Gasteiger partial charge in [-0.25, -0.2) is 0 Å². The maximum atomic E-state index is 4.97. The molecule has 2 aromatic rings. The Balaban J connectivity index is 2.13. The molecule has 1 aromatic carbocycles. The van der Waals surface area contributed by atoms with Crippen molar-refractivity contribution in [3.63, 3.8) is 0 Å². The van der Waals surface area contributed by atoms with E-state index < -0.39 is 0 Å². The van der Waals surface area contributed by atoms with E-state index in [4.69, 9.17) is 4.74 Å². The summed E-state index contributed by atoms with van der Waals surface area (Å²) in [4.78, 5) is 4.45. The first-order valence-corrected chi connectivity index (χ1v) is 7.10. The van der Waals surface area contributed by atoms with Gasteiger partial charge in [-0.1, -0.05) is 22.0 Å². The quantitative estimate of drug-likeness (QED) is 0.855. The number of hydrogen-bond acceptors (Lipinski definition) is 5. The fourth-order valence-corrected chi connectivity index (χ4v) is 2.74. The third-order valence-electron chi connectivity index (χ3n) is 2.37. The summed E-state index contributed by atoms with van der Waals surface area (Å²) >= 11 is 4.90. The topological polar surface area (TPSA) is 47.0 Å². The SMILES string of the molecule is COCCNc1nc(-c2ccc(C)cc2Br)ns1. The van der Waals surface area contributed by atoms with Gasteiger partial charge in [-0.3, -0.25) is 0 Å². The van der Waals surface area contributed by atoms with Gasteiger partial charge < -0.3 is 10.1 Å². The van der Waals surface area contributed by atoms with Crippen LogP contribution in [0.15, 0.2) is 22.7 Å². The average molecular weight is 328 g/mol. The van der Waals surface area contributed by atoms with Gasteiger partial charge >= 0.3 is 0 Å². The highest BCUT2D eigenvalue weighted by Crippen LogP contribution is 2.28. The number of nitrogens with one attached hydrogen (secondary N) is 1. The smallest absolute Gasteiger partial charge is 0.202 e. The second-order valence-corrected chi connectivity index (χ2v) is 5.43. The van der Waals surface area contributed by atoms with Crippen molar-refractivity contribution in [2.75, 3.05) is 25.6 Å². The van der Waals surface area contributed by atoms with E-state index in [2.05, 4.69) is 49.7 Å². The van der Waals surface area contributed by atoms with Crippen molar-refractivity contribution in [1.82, 2.24) is 9.36 Å². The van der Waals surface area contributed by atoms with Crippen LogP contribution in [0.2, 0.25) is 0 Å². The molecule has 1 N–H and O–H groups in total. The largest absolute Gasteiger partial charge is 0.383 e. The molecule has 18 heavy (non-hydrogen) atoms. The molecule has 0 amide bonds. The summed E-state index contributed by atoms with van der Waals surface area (Å²) in [6.45, 7) is 3.45. The van der Waals surface area contributed by atoms with Gasteiger partial charge in [-0.05, 0) is 24.6 Å². The molecule has 4 nitrogen and oxygen atoms in total. The molecule has 0 atom stereocenters. The lowest BCUT2D eigenvalue weighted by Crippen LogP contribution is -2.07. The third-order valence-corrected chi connectivity index (χ3v) is 3.70. The van der Waals surface area contributed by atoms with E-state index >= 15 is 0 Å². The summed E-state index contributed by atoms with van der Waals surface area (Å²) in [5, 5.41) is 3.99. The van der Waals surface area contributed by atoms with Crippen LogP contribution < -0.4 is 5.32 Å². The zero-order valence-corrected chi connectivity index (χ0v) is 12.6. The van der Waals surface area contributed by atoms with Gasteiger partial charge in [-0.15, -0.1) is 0 Å². The van der Waals surface area contributed by atoms with E-state index in [1.807, 2.05) is 6.07 Å². The Morgan fingerprint density at radius 2 is 2.28 bits per heavy atom. The van der Waals surface area contributed by atoms with Crippen LogP contribution in [0.1, 0.15) is 5.56 Å². The molecule has 1 aromatic heterocycles. The second kappa shape index (κ2) is 6.26. The van der Waals surface area contributed by atoms with Gasteiger partial charge in [0.15, 0.2) is 5.82 Å². The Morgan fingerprint density at radius 1 is 1.44 bits per heavy atom. The normalized spacial score (nSPS) is 10.6. The highest BCUT2D eigenvalue weighted by molar-refractivity contribution is 9.10. The Morgan fingerprint density at radius 3 is 3.00 bits per heavy atom. The molecule has 0 unspecified atom stereocenters. The highest BCUT2D eigenvalue weighted by Gasteiger charge is 2.09. The van der Waals surface area contributed by atoms with Crippen molar-refractivity contribution < 1.29 is 4.74 Å². The molecule has 0 saturated carbocycles. The number of ether oxygens (including phenoxy) is 1. The molecule has 0 spiro atoms. The molecule has 0 aliphatic carbocycles. The van der Waals surface area contributed by atoms with Gasteiger partial charge in [0.05, 0.1) is 6.61 Å². The molecule has 0 saturated heterocycles. The molecule has 6 heteroatoms. The number of aromatic nitrogens is 2. The number of methoxy groups -OCH3 is 1. The predicted octanol–water partition coefficient (Wildman–Crippen LogP) is 3.33. The van der Waals surface area contributed by atoms with Crippen LogP contribution in [0.5, 0.6) is 0 Å². The van der Waals surface area contributed by atoms with Crippen LogP contribution in [0.4, 0.5) is 5.13 Å². The van der Waals surface area contributed by atoms with E-state index in [9.17, 15) is 0 Å². The van der Waals surface area contributed by atoms with Crippen molar-refractivity contribution in [2.24, 2.45) is 0 Å². The highest BCUT2D eigenvalue weighted by atomic mass is 79.9.